The fraction of sp³-hybridized carbons (Fsp3) is 0.0556. The van der Waals surface area contributed by atoms with Crippen molar-refractivity contribution in [3.63, 3.8) is 0 Å². The summed E-state index contributed by atoms with van der Waals surface area (Å²) in [7, 11) is 0. The van der Waals surface area contributed by atoms with Gasteiger partial charge in [-0.05, 0) is 41.5 Å². The fourth-order valence-corrected chi connectivity index (χ4v) is 2.46. The molecule has 4 heteroatoms. The Balaban J connectivity index is 1.96. The molecule has 0 bridgehead atoms. The van der Waals surface area contributed by atoms with Crippen LogP contribution in [-0.2, 0) is 0 Å². The number of carbonyl (C=O) groups excluding carboxylic acids is 1. The second-order valence-corrected chi connectivity index (χ2v) is 4.88. The third kappa shape index (κ3) is 2.24. The molecule has 0 radical (unpaired) electrons. The molecule has 1 amide bonds. The van der Waals surface area contributed by atoms with E-state index >= 15 is 0 Å². The van der Waals surface area contributed by atoms with Crippen LogP contribution in [0.1, 0.15) is 33.1 Å². The van der Waals surface area contributed by atoms with Gasteiger partial charge in [0.2, 0.25) is 0 Å². The lowest BCUT2D eigenvalue weighted by molar-refractivity contribution is 0.0794. The van der Waals surface area contributed by atoms with Gasteiger partial charge >= 0.3 is 0 Å². The molecule has 0 spiro atoms. The van der Waals surface area contributed by atoms with Gasteiger partial charge in [-0.3, -0.25) is 9.69 Å². The normalized spacial score (nSPS) is 15.5. The van der Waals surface area contributed by atoms with Crippen LogP contribution in [0.4, 0.5) is 0 Å². The second-order valence-electron chi connectivity index (χ2n) is 4.88. The van der Waals surface area contributed by atoms with E-state index in [9.17, 15) is 10.1 Å². The molecule has 0 saturated carbocycles. The molecule has 1 aliphatic heterocycles. The van der Waals surface area contributed by atoms with Gasteiger partial charge in [-0.2, -0.15) is 10.5 Å². The third-order valence-corrected chi connectivity index (χ3v) is 3.60. The van der Waals surface area contributed by atoms with Gasteiger partial charge in [0.25, 0.3) is 5.91 Å². The predicted molar refractivity (Wildman–Crippen MR) is 81.2 cm³/mol. The molecule has 104 valence electrons. The summed E-state index contributed by atoms with van der Waals surface area (Å²) in [6.45, 7) is 0. The van der Waals surface area contributed by atoms with E-state index in [1.165, 1.54) is 4.90 Å². The van der Waals surface area contributed by atoms with Crippen LogP contribution in [0, 0.1) is 22.7 Å². The molecular formula is C18H11N3O. The maximum atomic E-state index is 12.6. The number of nitrogens with zero attached hydrogens (tertiary/aromatic N) is 3. The zero-order valence-corrected chi connectivity index (χ0v) is 11.6. The Morgan fingerprint density at radius 3 is 2.45 bits per heavy atom. The minimum absolute atomic E-state index is 0.262. The van der Waals surface area contributed by atoms with Crippen molar-refractivity contribution in [2.75, 3.05) is 0 Å². The molecule has 1 aliphatic rings. The van der Waals surface area contributed by atoms with Crippen LogP contribution in [0.25, 0.3) is 6.08 Å². The average Bonchev–Trinajstić information content (AvgIpc) is 2.60. The topological polar surface area (TPSA) is 67.9 Å². The van der Waals surface area contributed by atoms with Crippen molar-refractivity contribution in [3.05, 3.63) is 77.0 Å². The number of fused-ring (bicyclic) bond motifs is 1. The molecule has 0 aliphatic carbocycles. The molecule has 0 saturated heterocycles. The zero-order valence-electron chi connectivity index (χ0n) is 11.6. The van der Waals surface area contributed by atoms with Gasteiger partial charge < -0.3 is 0 Å². The summed E-state index contributed by atoms with van der Waals surface area (Å²) in [5.74, 6) is -0.262. The van der Waals surface area contributed by atoms with E-state index in [-0.39, 0.29) is 5.91 Å². The molecule has 3 rings (SSSR count). The highest BCUT2D eigenvalue weighted by Gasteiger charge is 2.28. The number of hydrogen-bond donors (Lipinski definition) is 0. The number of rotatable bonds is 1. The maximum Gasteiger partial charge on any atom is 0.259 e. The molecular weight excluding hydrogens is 274 g/mol. The second kappa shape index (κ2) is 5.55. The Morgan fingerprint density at radius 1 is 1.05 bits per heavy atom. The molecule has 2 aromatic rings. The maximum absolute atomic E-state index is 12.6. The van der Waals surface area contributed by atoms with Crippen molar-refractivity contribution in [2.24, 2.45) is 0 Å². The highest BCUT2D eigenvalue weighted by Crippen LogP contribution is 2.30. The Hall–Kier alpha value is -3.37. The van der Waals surface area contributed by atoms with Crippen molar-refractivity contribution in [1.82, 2.24) is 4.90 Å². The first-order valence-corrected chi connectivity index (χ1v) is 6.74. The highest BCUT2D eigenvalue weighted by atomic mass is 16.2. The molecule has 22 heavy (non-hydrogen) atoms. The van der Waals surface area contributed by atoms with Crippen LogP contribution >= 0.6 is 0 Å². The summed E-state index contributed by atoms with van der Waals surface area (Å²) in [6, 6.07) is 17.5. The molecule has 2 aromatic carbocycles. The Labute approximate surface area is 128 Å². The minimum Gasteiger partial charge on any atom is -0.294 e. The monoisotopic (exact) mass is 285 g/mol. The molecule has 0 fully saturated rings. The summed E-state index contributed by atoms with van der Waals surface area (Å²) in [5, 5.41) is 18.3. The van der Waals surface area contributed by atoms with Crippen molar-refractivity contribution >= 4 is 12.0 Å². The molecule has 1 heterocycles. The van der Waals surface area contributed by atoms with Gasteiger partial charge in [-0.1, -0.05) is 24.3 Å². The van der Waals surface area contributed by atoms with Crippen LogP contribution in [0.15, 0.2) is 54.7 Å². The van der Waals surface area contributed by atoms with Crippen molar-refractivity contribution in [1.29, 1.82) is 10.5 Å². The van der Waals surface area contributed by atoms with E-state index in [4.69, 9.17) is 5.26 Å². The van der Waals surface area contributed by atoms with Crippen LogP contribution in [0.5, 0.6) is 0 Å². The highest BCUT2D eigenvalue weighted by molar-refractivity contribution is 5.96. The predicted octanol–water partition coefficient (Wildman–Crippen LogP) is 3.25. The molecule has 1 unspecified atom stereocenters. The fourth-order valence-electron chi connectivity index (χ4n) is 2.46. The van der Waals surface area contributed by atoms with Crippen molar-refractivity contribution in [2.45, 2.75) is 6.04 Å². The summed E-state index contributed by atoms with van der Waals surface area (Å²) in [5.41, 5.74) is 2.70. The van der Waals surface area contributed by atoms with Gasteiger partial charge in [0, 0.05) is 11.8 Å². The Morgan fingerprint density at radius 2 is 1.77 bits per heavy atom. The van der Waals surface area contributed by atoms with E-state index in [0.29, 0.717) is 11.1 Å². The van der Waals surface area contributed by atoms with Gasteiger partial charge in [-0.15, -0.1) is 0 Å². The summed E-state index contributed by atoms with van der Waals surface area (Å²) in [6.07, 6.45) is 3.46. The summed E-state index contributed by atoms with van der Waals surface area (Å²) >= 11 is 0. The first kappa shape index (κ1) is 13.6. The number of carbonyl (C=O) groups is 1. The Bertz CT molecular complexity index is 838. The van der Waals surface area contributed by atoms with Crippen LogP contribution in [0.2, 0.25) is 0 Å². The van der Waals surface area contributed by atoms with Crippen LogP contribution in [-0.4, -0.2) is 10.8 Å². The number of nitriles is 2. The molecule has 0 N–H and O–H groups in total. The van der Waals surface area contributed by atoms with Crippen LogP contribution < -0.4 is 0 Å². The van der Waals surface area contributed by atoms with E-state index < -0.39 is 6.04 Å². The van der Waals surface area contributed by atoms with Gasteiger partial charge in [0.1, 0.15) is 6.04 Å². The largest absolute Gasteiger partial charge is 0.294 e. The number of amides is 1. The smallest absolute Gasteiger partial charge is 0.259 e. The SMILES string of the molecule is N#Cc1ccc(C(=O)N2C=Cc3ccccc3C2C#N)cc1. The standard InChI is InChI=1S/C18H11N3O/c19-11-13-5-7-15(8-6-13)18(22)21-10-9-14-3-1-2-4-16(14)17(21)12-20/h1-10,17H. The third-order valence-electron chi connectivity index (χ3n) is 3.60. The first-order chi connectivity index (χ1) is 10.7. The summed E-state index contributed by atoms with van der Waals surface area (Å²) < 4.78 is 0. The van der Waals surface area contributed by atoms with Crippen molar-refractivity contribution in [3.8, 4) is 12.1 Å². The van der Waals surface area contributed by atoms with E-state index in [2.05, 4.69) is 6.07 Å². The van der Waals surface area contributed by atoms with Gasteiger partial charge in [0.05, 0.1) is 17.7 Å². The van der Waals surface area contributed by atoms with E-state index in [0.717, 1.165) is 11.1 Å². The quantitative estimate of drug-likeness (QED) is 0.807. The van der Waals surface area contributed by atoms with Gasteiger partial charge in [-0.25, -0.2) is 0 Å². The molecule has 4 nitrogen and oxygen atoms in total. The summed E-state index contributed by atoms with van der Waals surface area (Å²) in [4.78, 5) is 14.0. The zero-order chi connectivity index (χ0) is 15.5. The molecule has 1 atom stereocenters. The van der Waals surface area contributed by atoms with Gasteiger partial charge in [0.15, 0.2) is 0 Å². The first-order valence-electron chi connectivity index (χ1n) is 6.74. The molecule has 0 aromatic heterocycles. The number of benzene rings is 2. The lowest BCUT2D eigenvalue weighted by Crippen LogP contribution is -2.31. The van der Waals surface area contributed by atoms with E-state index in [1.54, 1.807) is 30.5 Å². The lowest BCUT2D eigenvalue weighted by Gasteiger charge is -2.28. The lowest BCUT2D eigenvalue weighted by atomic mass is 9.96. The van der Waals surface area contributed by atoms with E-state index in [1.807, 2.05) is 36.4 Å². The average molecular weight is 285 g/mol. The van der Waals surface area contributed by atoms with Crippen molar-refractivity contribution < 1.29 is 4.79 Å². The Kier molecular flexibility index (Phi) is 3.43. The van der Waals surface area contributed by atoms with Crippen LogP contribution in [0.3, 0.4) is 0 Å². The minimum atomic E-state index is -0.649. The number of hydrogen-bond acceptors (Lipinski definition) is 3.